The van der Waals surface area contributed by atoms with Gasteiger partial charge < -0.3 is 10.4 Å². The first kappa shape index (κ1) is 17.5. The minimum Gasteiger partial charge on any atom is -0.480 e. The van der Waals surface area contributed by atoms with Crippen molar-refractivity contribution >= 4 is 29.2 Å². The van der Waals surface area contributed by atoms with Crippen LogP contribution >= 0.6 is 11.6 Å². The second-order valence-electron chi connectivity index (χ2n) is 5.34. The highest BCUT2D eigenvalue weighted by Gasteiger charge is 2.34. The van der Waals surface area contributed by atoms with E-state index >= 15 is 0 Å². The van der Waals surface area contributed by atoms with E-state index in [1.807, 2.05) is 13.8 Å². The number of carboxylic acids is 1. The van der Waals surface area contributed by atoms with Crippen molar-refractivity contribution in [1.29, 1.82) is 0 Å². The van der Waals surface area contributed by atoms with Crippen LogP contribution in [0.15, 0.2) is 18.2 Å². The zero-order valence-electron chi connectivity index (χ0n) is 12.7. The van der Waals surface area contributed by atoms with E-state index in [2.05, 4.69) is 5.32 Å². The Morgan fingerprint density at radius 1 is 1.38 bits per heavy atom. The van der Waals surface area contributed by atoms with Crippen LogP contribution in [-0.4, -0.2) is 40.5 Å². The van der Waals surface area contributed by atoms with Gasteiger partial charge in [-0.2, -0.15) is 0 Å². The molecule has 0 aliphatic rings. The third-order valence-corrected chi connectivity index (χ3v) is 3.98. The zero-order valence-corrected chi connectivity index (χ0v) is 13.5. The number of carbonyl (C=O) groups is 2. The van der Waals surface area contributed by atoms with Crippen molar-refractivity contribution in [3.8, 4) is 0 Å². The summed E-state index contributed by atoms with van der Waals surface area (Å²) in [5.74, 6) is -1.23. The van der Waals surface area contributed by atoms with Crippen LogP contribution in [0.1, 0.15) is 26.3 Å². The highest BCUT2D eigenvalue weighted by atomic mass is 35.5. The molecule has 0 saturated heterocycles. The Hall–Kier alpha value is -1.59. The number of hydrogen-bond acceptors (Lipinski definition) is 3. The van der Waals surface area contributed by atoms with Crippen molar-refractivity contribution in [2.24, 2.45) is 0 Å². The van der Waals surface area contributed by atoms with Crippen molar-refractivity contribution in [3.63, 3.8) is 0 Å². The van der Waals surface area contributed by atoms with Gasteiger partial charge in [-0.3, -0.25) is 14.5 Å². The average Bonchev–Trinajstić information content (AvgIpc) is 2.40. The summed E-state index contributed by atoms with van der Waals surface area (Å²) in [6.45, 7) is 7.26. The molecule has 2 N–H and O–H groups in total. The van der Waals surface area contributed by atoms with E-state index in [9.17, 15) is 14.7 Å². The molecule has 116 valence electrons. The molecule has 0 spiro atoms. The summed E-state index contributed by atoms with van der Waals surface area (Å²) in [5, 5.41) is 12.6. The number of aliphatic carboxylic acids is 1. The number of amides is 1. The summed E-state index contributed by atoms with van der Waals surface area (Å²) >= 11 is 6.01. The van der Waals surface area contributed by atoms with Gasteiger partial charge in [-0.05, 0) is 45.0 Å². The fourth-order valence-corrected chi connectivity index (χ4v) is 2.12. The van der Waals surface area contributed by atoms with Gasteiger partial charge in [0.25, 0.3) is 0 Å². The molecule has 1 rings (SSSR count). The number of hydrogen-bond donors (Lipinski definition) is 2. The van der Waals surface area contributed by atoms with Crippen molar-refractivity contribution in [2.45, 2.75) is 33.2 Å². The lowest BCUT2D eigenvalue weighted by Crippen LogP contribution is -2.52. The fourth-order valence-electron chi connectivity index (χ4n) is 1.95. The highest BCUT2D eigenvalue weighted by molar-refractivity contribution is 6.31. The van der Waals surface area contributed by atoms with Crippen LogP contribution in [0.4, 0.5) is 5.69 Å². The molecule has 0 saturated carbocycles. The largest absolute Gasteiger partial charge is 0.480 e. The second-order valence-corrected chi connectivity index (χ2v) is 5.75. The molecule has 0 aliphatic heterocycles. The van der Waals surface area contributed by atoms with Crippen LogP contribution in [0.25, 0.3) is 0 Å². The second kappa shape index (κ2) is 6.91. The Balaban J connectivity index is 2.81. The third-order valence-electron chi connectivity index (χ3n) is 3.57. The Morgan fingerprint density at radius 3 is 2.52 bits per heavy atom. The van der Waals surface area contributed by atoms with E-state index in [1.54, 1.807) is 36.9 Å². The number of nitrogens with one attached hydrogen (secondary N) is 1. The van der Waals surface area contributed by atoms with Crippen LogP contribution in [0.2, 0.25) is 5.02 Å². The van der Waals surface area contributed by atoms with Gasteiger partial charge in [0.1, 0.15) is 5.54 Å². The number of likely N-dealkylation sites (N-methyl/N-ethyl adjacent to an activating group) is 1. The predicted molar refractivity (Wildman–Crippen MR) is 83.8 cm³/mol. The van der Waals surface area contributed by atoms with Crippen LogP contribution in [0.5, 0.6) is 0 Å². The molecule has 0 atom stereocenters. The van der Waals surface area contributed by atoms with Gasteiger partial charge in [0.2, 0.25) is 5.91 Å². The standard InChI is InChI=1S/C15H21ClN2O3/c1-5-18(15(3,4)14(20)21)9-13(19)17-12-8-6-7-11(16)10(12)2/h6-8H,5,9H2,1-4H3,(H,17,19)(H,20,21). The maximum Gasteiger partial charge on any atom is 0.323 e. The minimum atomic E-state index is -1.10. The Bertz CT molecular complexity index is 544. The number of halogens is 1. The van der Waals surface area contributed by atoms with Crippen LogP contribution < -0.4 is 5.32 Å². The molecule has 0 radical (unpaired) electrons. The fraction of sp³-hybridized carbons (Fsp3) is 0.467. The summed E-state index contributed by atoms with van der Waals surface area (Å²) in [6.07, 6.45) is 0. The van der Waals surface area contributed by atoms with Crippen molar-refractivity contribution < 1.29 is 14.7 Å². The molecule has 0 aliphatic carbocycles. The number of carboxylic acid groups (broad SMARTS) is 1. The molecule has 21 heavy (non-hydrogen) atoms. The number of nitrogens with zero attached hydrogens (tertiary/aromatic N) is 1. The van der Waals surface area contributed by atoms with E-state index < -0.39 is 11.5 Å². The SMILES string of the molecule is CCN(CC(=O)Nc1cccc(Cl)c1C)C(C)(C)C(=O)O. The van der Waals surface area contributed by atoms with Crippen LogP contribution in [0, 0.1) is 6.92 Å². The maximum atomic E-state index is 12.1. The van der Waals surface area contributed by atoms with Gasteiger partial charge in [-0.1, -0.05) is 24.6 Å². The van der Waals surface area contributed by atoms with Gasteiger partial charge >= 0.3 is 5.97 Å². The molecular formula is C15H21ClN2O3. The van der Waals surface area contributed by atoms with Crippen molar-refractivity contribution in [2.75, 3.05) is 18.4 Å². The highest BCUT2D eigenvalue weighted by Crippen LogP contribution is 2.23. The average molecular weight is 313 g/mol. The van der Waals surface area contributed by atoms with E-state index in [1.165, 1.54) is 0 Å². The van der Waals surface area contributed by atoms with Crippen LogP contribution in [0.3, 0.4) is 0 Å². The van der Waals surface area contributed by atoms with E-state index in [0.717, 1.165) is 5.56 Å². The summed E-state index contributed by atoms with van der Waals surface area (Å²) in [7, 11) is 0. The van der Waals surface area contributed by atoms with Crippen LogP contribution in [-0.2, 0) is 9.59 Å². The summed E-state index contributed by atoms with van der Waals surface area (Å²) in [4.78, 5) is 25.0. The lowest BCUT2D eigenvalue weighted by molar-refractivity contribution is -0.149. The topological polar surface area (TPSA) is 69.6 Å². The van der Waals surface area contributed by atoms with Crippen molar-refractivity contribution in [1.82, 2.24) is 4.90 Å². The Morgan fingerprint density at radius 2 is 2.00 bits per heavy atom. The summed E-state index contributed by atoms with van der Waals surface area (Å²) in [5.41, 5.74) is 0.319. The first-order valence-electron chi connectivity index (χ1n) is 6.73. The normalized spacial score (nSPS) is 11.5. The smallest absolute Gasteiger partial charge is 0.323 e. The molecule has 0 unspecified atom stereocenters. The molecule has 0 fully saturated rings. The predicted octanol–water partition coefficient (Wildman–Crippen LogP) is 2.77. The maximum absolute atomic E-state index is 12.1. The molecule has 1 amide bonds. The molecule has 0 heterocycles. The summed E-state index contributed by atoms with van der Waals surface area (Å²) in [6, 6.07) is 5.26. The van der Waals surface area contributed by atoms with Gasteiger partial charge in [0, 0.05) is 10.7 Å². The molecule has 1 aromatic carbocycles. The first-order valence-corrected chi connectivity index (χ1v) is 7.11. The molecule has 0 bridgehead atoms. The zero-order chi connectivity index (χ0) is 16.2. The van der Waals surface area contributed by atoms with Crippen molar-refractivity contribution in [3.05, 3.63) is 28.8 Å². The van der Waals surface area contributed by atoms with Gasteiger partial charge in [0.15, 0.2) is 0 Å². The number of carbonyl (C=O) groups excluding carboxylic acids is 1. The minimum absolute atomic E-state index is 0.00174. The quantitative estimate of drug-likeness (QED) is 0.847. The molecule has 0 aromatic heterocycles. The molecule has 6 heteroatoms. The number of rotatable bonds is 6. The monoisotopic (exact) mass is 312 g/mol. The molecule has 5 nitrogen and oxygen atoms in total. The molecular weight excluding hydrogens is 292 g/mol. The van der Waals surface area contributed by atoms with Gasteiger partial charge in [0.05, 0.1) is 6.54 Å². The van der Waals surface area contributed by atoms with Gasteiger partial charge in [-0.25, -0.2) is 0 Å². The Kier molecular flexibility index (Phi) is 5.75. The van der Waals surface area contributed by atoms with Gasteiger partial charge in [-0.15, -0.1) is 0 Å². The van der Waals surface area contributed by atoms with E-state index in [-0.39, 0.29) is 12.5 Å². The summed E-state index contributed by atoms with van der Waals surface area (Å²) < 4.78 is 0. The van der Waals surface area contributed by atoms with E-state index in [4.69, 9.17) is 11.6 Å². The lowest BCUT2D eigenvalue weighted by atomic mass is 10.0. The third kappa shape index (κ3) is 4.19. The Labute approximate surface area is 129 Å². The number of anilines is 1. The lowest BCUT2D eigenvalue weighted by Gasteiger charge is -2.33. The molecule has 1 aromatic rings. The number of benzene rings is 1. The first-order chi connectivity index (χ1) is 9.70. The van der Waals surface area contributed by atoms with E-state index in [0.29, 0.717) is 17.3 Å².